The fourth-order valence-corrected chi connectivity index (χ4v) is 1.92. The van der Waals surface area contributed by atoms with E-state index in [-0.39, 0.29) is 5.56 Å². The van der Waals surface area contributed by atoms with Crippen LogP contribution in [0.3, 0.4) is 0 Å². The maximum absolute atomic E-state index is 12.5. The molecule has 0 unspecified atom stereocenters. The smallest absolute Gasteiger partial charge is 0.263 e. The standard InChI is InChI=1S/C16H17F2NO2/c1-20-13-7-8-14(15(9-13)21-2)19-10-11-3-5-12(6-4-11)16(17)18/h3-9,16,19H,10H2,1-2H3. The molecule has 0 amide bonds. The van der Waals surface area contributed by atoms with E-state index in [1.165, 1.54) is 12.1 Å². The molecule has 0 fully saturated rings. The Morgan fingerprint density at radius 3 is 2.29 bits per heavy atom. The summed E-state index contributed by atoms with van der Waals surface area (Å²) in [5, 5.41) is 3.21. The molecular weight excluding hydrogens is 276 g/mol. The van der Waals surface area contributed by atoms with Gasteiger partial charge in [-0.25, -0.2) is 8.78 Å². The van der Waals surface area contributed by atoms with Crippen molar-refractivity contribution in [1.82, 2.24) is 0 Å². The number of methoxy groups -OCH3 is 2. The first-order valence-corrected chi connectivity index (χ1v) is 6.47. The average molecular weight is 293 g/mol. The molecule has 0 aliphatic carbocycles. The summed E-state index contributed by atoms with van der Waals surface area (Å²) in [6, 6.07) is 11.7. The predicted octanol–water partition coefficient (Wildman–Crippen LogP) is 4.25. The van der Waals surface area contributed by atoms with Crippen LogP contribution in [0.2, 0.25) is 0 Å². The number of benzene rings is 2. The van der Waals surface area contributed by atoms with Crippen molar-refractivity contribution in [3.8, 4) is 11.5 Å². The summed E-state index contributed by atoms with van der Waals surface area (Å²) in [6.07, 6.45) is -2.44. The Bertz CT molecular complexity index is 585. The van der Waals surface area contributed by atoms with Gasteiger partial charge in [0.05, 0.1) is 19.9 Å². The molecule has 21 heavy (non-hydrogen) atoms. The molecule has 2 rings (SSSR count). The van der Waals surface area contributed by atoms with E-state index in [4.69, 9.17) is 9.47 Å². The van der Waals surface area contributed by atoms with Gasteiger partial charge in [0.2, 0.25) is 0 Å². The van der Waals surface area contributed by atoms with E-state index < -0.39 is 6.43 Å². The number of ether oxygens (including phenoxy) is 2. The van der Waals surface area contributed by atoms with Gasteiger partial charge in [0.1, 0.15) is 11.5 Å². The number of rotatable bonds is 6. The van der Waals surface area contributed by atoms with Crippen LogP contribution >= 0.6 is 0 Å². The minimum atomic E-state index is -2.44. The summed E-state index contributed by atoms with van der Waals surface area (Å²) in [7, 11) is 3.17. The molecule has 2 aromatic rings. The van der Waals surface area contributed by atoms with Crippen LogP contribution in [-0.4, -0.2) is 14.2 Å². The average Bonchev–Trinajstić information content (AvgIpc) is 2.53. The van der Waals surface area contributed by atoms with E-state index in [1.807, 2.05) is 12.1 Å². The molecule has 0 atom stereocenters. The third-order valence-corrected chi connectivity index (χ3v) is 3.12. The second-order valence-corrected chi connectivity index (χ2v) is 4.46. The molecule has 0 saturated carbocycles. The lowest BCUT2D eigenvalue weighted by molar-refractivity contribution is 0.151. The quantitative estimate of drug-likeness (QED) is 0.863. The van der Waals surface area contributed by atoms with E-state index >= 15 is 0 Å². The summed E-state index contributed by atoms with van der Waals surface area (Å²) < 4.78 is 35.4. The molecule has 0 aliphatic rings. The topological polar surface area (TPSA) is 30.5 Å². The SMILES string of the molecule is COc1ccc(NCc2ccc(C(F)F)cc2)c(OC)c1. The number of halogens is 2. The number of hydrogen-bond acceptors (Lipinski definition) is 3. The molecule has 112 valence electrons. The molecule has 3 nitrogen and oxygen atoms in total. The van der Waals surface area contributed by atoms with Crippen LogP contribution in [0.5, 0.6) is 11.5 Å². The molecule has 0 saturated heterocycles. The first-order chi connectivity index (χ1) is 10.1. The number of anilines is 1. The van der Waals surface area contributed by atoms with Gasteiger partial charge in [0, 0.05) is 18.2 Å². The van der Waals surface area contributed by atoms with E-state index in [1.54, 1.807) is 32.4 Å². The van der Waals surface area contributed by atoms with Crippen molar-refractivity contribution in [2.24, 2.45) is 0 Å². The van der Waals surface area contributed by atoms with E-state index in [2.05, 4.69) is 5.32 Å². The monoisotopic (exact) mass is 293 g/mol. The highest BCUT2D eigenvalue weighted by Gasteiger charge is 2.07. The molecular formula is C16H17F2NO2. The predicted molar refractivity (Wildman–Crippen MR) is 78.3 cm³/mol. The molecule has 2 aromatic carbocycles. The Morgan fingerprint density at radius 2 is 1.71 bits per heavy atom. The molecule has 5 heteroatoms. The summed E-state index contributed by atoms with van der Waals surface area (Å²) in [5.74, 6) is 1.37. The lowest BCUT2D eigenvalue weighted by atomic mass is 10.1. The lowest BCUT2D eigenvalue weighted by Gasteiger charge is -2.12. The highest BCUT2D eigenvalue weighted by Crippen LogP contribution is 2.29. The van der Waals surface area contributed by atoms with Crippen molar-refractivity contribution < 1.29 is 18.3 Å². The van der Waals surface area contributed by atoms with Gasteiger partial charge in [-0.05, 0) is 17.7 Å². The van der Waals surface area contributed by atoms with Crippen molar-refractivity contribution in [3.05, 3.63) is 53.6 Å². The Morgan fingerprint density at radius 1 is 1.00 bits per heavy atom. The van der Waals surface area contributed by atoms with Gasteiger partial charge in [-0.3, -0.25) is 0 Å². The zero-order chi connectivity index (χ0) is 15.2. The largest absolute Gasteiger partial charge is 0.497 e. The molecule has 0 spiro atoms. The maximum atomic E-state index is 12.5. The second-order valence-electron chi connectivity index (χ2n) is 4.46. The summed E-state index contributed by atoms with van der Waals surface area (Å²) in [4.78, 5) is 0. The van der Waals surface area contributed by atoms with Crippen LogP contribution in [0.4, 0.5) is 14.5 Å². The summed E-state index contributed by atoms with van der Waals surface area (Å²) in [6.45, 7) is 0.520. The van der Waals surface area contributed by atoms with Crippen molar-refractivity contribution >= 4 is 5.69 Å². The van der Waals surface area contributed by atoms with Gasteiger partial charge in [0.15, 0.2) is 0 Å². The highest BCUT2D eigenvalue weighted by atomic mass is 19.3. The molecule has 0 aliphatic heterocycles. The van der Waals surface area contributed by atoms with E-state index in [0.717, 1.165) is 11.3 Å². The fraction of sp³-hybridized carbons (Fsp3) is 0.250. The van der Waals surface area contributed by atoms with Gasteiger partial charge in [-0.1, -0.05) is 24.3 Å². The third-order valence-electron chi connectivity index (χ3n) is 3.12. The van der Waals surface area contributed by atoms with Gasteiger partial charge in [0.25, 0.3) is 6.43 Å². The summed E-state index contributed by atoms with van der Waals surface area (Å²) in [5.41, 5.74) is 1.76. The van der Waals surface area contributed by atoms with E-state index in [0.29, 0.717) is 18.0 Å². The molecule has 1 N–H and O–H groups in total. The molecule has 0 bridgehead atoms. The Balaban J connectivity index is 2.05. The molecule has 0 radical (unpaired) electrons. The van der Waals surface area contributed by atoms with Crippen LogP contribution in [0.15, 0.2) is 42.5 Å². The van der Waals surface area contributed by atoms with Crippen LogP contribution < -0.4 is 14.8 Å². The second kappa shape index (κ2) is 6.92. The highest BCUT2D eigenvalue weighted by molar-refractivity contribution is 5.59. The van der Waals surface area contributed by atoms with Crippen LogP contribution in [0.25, 0.3) is 0 Å². The van der Waals surface area contributed by atoms with Crippen molar-refractivity contribution in [2.45, 2.75) is 13.0 Å². The normalized spacial score (nSPS) is 10.5. The van der Waals surface area contributed by atoms with Crippen LogP contribution in [-0.2, 0) is 6.54 Å². The maximum Gasteiger partial charge on any atom is 0.263 e. The first-order valence-electron chi connectivity index (χ1n) is 6.47. The molecule has 0 aromatic heterocycles. The van der Waals surface area contributed by atoms with Crippen molar-refractivity contribution in [2.75, 3.05) is 19.5 Å². The Labute approximate surface area is 122 Å². The number of alkyl halides is 2. The van der Waals surface area contributed by atoms with Gasteiger partial charge >= 0.3 is 0 Å². The Hall–Kier alpha value is -2.30. The fourth-order valence-electron chi connectivity index (χ4n) is 1.92. The van der Waals surface area contributed by atoms with Gasteiger partial charge in [-0.15, -0.1) is 0 Å². The Kier molecular flexibility index (Phi) is 4.98. The minimum Gasteiger partial charge on any atom is -0.497 e. The molecule has 0 heterocycles. The van der Waals surface area contributed by atoms with Crippen molar-refractivity contribution in [1.29, 1.82) is 0 Å². The third kappa shape index (κ3) is 3.84. The minimum absolute atomic E-state index is 0.0285. The number of nitrogens with one attached hydrogen (secondary N) is 1. The lowest BCUT2D eigenvalue weighted by Crippen LogP contribution is -2.02. The summed E-state index contributed by atoms with van der Waals surface area (Å²) >= 11 is 0. The van der Waals surface area contributed by atoms with Crippen LogP contribution in [0.1, 0.15) is 17.6 Å². The van der Waals surface area contributed by atoms with Gasteiger partial charge < -0.3 is 14.8 Å². The first kappa shape index (κ1) is 15.1. The number of hydrogen-bond donors (Lipinski definition) is 1. The van der Waals surface area contributed by atoms with E-state index in [9.17, 15) is 8.78 Å². The van der Waals surface area contributed by atoms with Crippen molar-refractivity contribution in [3.63, 3.8) is 0 Å². The zero-order valence-corrected chi connectivity index (χ0v) is 11.9. The van der Waals surface area contributed by atoms with Gasteiger partial charge in [-0.2, -0.15) is 0 Å². The van der Waals surface area contributed by atoms with Crippen LogP contribution in [0, 0.1) is 0 Å². The zero-order valence-electron chi connectivity index (χ0n) is 11.9.